The van der Waals surface area contributed by atoms with Crippen molar-refractivity contribution < 1.29 is 0 Å². The smallest absolute Gasteiger partial charge is 0.0417 e. The minimum absolute atomic E-state index is 0.632. The van der Waals surface area contributed by atoms with Gasteiger partial charge >= 0.3 is 0 Å². The van der Waals surface area contributed by atoms with Gasteiger partial charge in [-0.15, -0.1) is 0 Å². The number of rotatable bonds is 0. The number of nitrogens with one attached hydrogen (secondary N) is 2. The largest absolute Gasteiger partial charge is 0.381 e. The molecule has 1 saturated heterocycles. The Kier molecular flexibility index (Phi) is 2.45. The Labute approximate surface area is 98.6 Å². The second kappa shape index (κ2) is 3.80. The van der Waals surface area contributed by atoms with Crippen LogP contribution >= 0.6 is 15.9 Å². The first kappa shape index (κ1) is 9.67. The predicted molar refractivity (Wildman–Crippen MR) is 66.2 cm³/mol. The molecule has 2 atom stereocenters. The van der Waals surface area contributed by atoms with Crippen LogP contribution in [0.4, 0.5) is 5.69 Å². The molecule has 3 rings (SSSR count). The van der Waals surface area contributed by atoms with Crippen molar-refractivity contribution in [1.29, 1.82) is 0 Å². The van der Waals surface area contributed by atoms with E-state index < -0.39 is 0 Å². The standard InChI is InChI=1S/C12H15BrN2/c13-10-1-2-11-9(6-10)5-8-3-4-14-7-12(8)15-11/h1-2,6,8,12,14-15H,3-5,7H2. The number of fused-ring (bicyclic) bond motifs is 2. The summed E-state index contributed by atoms with van der Waals surface area (Å²) in [7, 11) is 0. The topological polar surface area (TPSA) is 24.1 Å². The Balaban J connectivity index is 1.92. The van der Waals surface area contributed by atoms with Crippen LogP contribution in [0.15, 0.2) is 22.7 Å². The maximum absolute atomic E-state index is 3.64. The van der Waals surface area contributed by atoms with Crippen molar-refractivity contribution >= 4 is 21.6 Å². The SMILES string of the molecule is Brc1ccc2c(c1)CC1CCNCC1N2. The van der Waals surface area contributed by atoms with E-state index >= 15 is 0 Å². The zero-order valence-electron chi connectivity index (χ0n) is 8.59. The van der Waals surface area contributed by atoms with Crippen molar-refractivity contribution in [2.75, 3.05) is 18.4 Å². The molecule has 2 aliphatic rings. The van der Waals surface area contributed by atoms with Gasteiger partial charge in [0.1, 0.15) is 0 Å². The molecule has 2 unspecified atom stereocenters. The van der Waals surface area contributed by atoms with Crippen molar-refractivity contribution in [2.45, 2.75) is 18.9 Å². The fourth-order valence-electron chi connectivity index (χ4n) is 2.68. The first-order valence-corrected chi connectivity index (χ1v) is 6.38. The van der Waals surface area contributed by atoms with Gasteiger partial charge in [0, 0.05) is 22.7 Å². The highest BCUT2D eigenvalue weighted by Crippen LogP contribution is 2.32. The third-order valence-electron chi connectivity index (χ3n) is 3.52. The molecule has 0 aromatic heterocycles. The highest BCUT2D eigenvalue weighted by atomic mass is 79.9. The molecule has 0 bridgehead atoms. The molecule has 0 spiro atoms. The average molecular weight is 267 g/mol. The van der Waals surface area contributed by atoms with Crippen molar-refractivity contribution in [3.05, 3.63) is 28.2 Å². The van der Waals surface area contributed by atoms with Gasteiger partial charge in [-0.1, -0.05) is 15.9 Å². The summed E-state index contributed by atoms with van der Waals surface area (Å²) >= 11 is 3.54. The highest BCUT2D eigenvalue weighted by molar-refractivity contribution is 9.10. The van der Waals surface area contributed by atoms with E-state index in [2.05, 4.69) is 44.8 Å². The van der Waals surface area contributed by atoms with Crippen LogP contribution in [0.25, 0.3) is 0 Å². The average Bonchev–Trinajstić information content (AvgIpc) is 2.26. The normalized spacial score (nSPS) is 28.9. The first-order chi connectivity index (χ1) is 7.33. The molecule has 1 aromatic carbocycles. The zero-order chi connectivity index (χ0) is 10.3. The maximum Gasteiger partial charge on any atom is 0.0417 e. The fourth-order valence-corrected chi connectivity index (χ4v) is 3.09. The number of piperidine rings is 1. The molecule has 2 aliphatic heterocycles. The van der Waals surface area contributed by atoms with E-state index in [9.17, 15) is 0 Å². The highest BCUT2D eigenvalue weighted by Gasteiger charge is 2.29. The number of hydrogen-bond acceptors (Lipinski definition) is 2. The minimum atomic E-state index is 0.632. The van der Waals surface area contributed by atoms with E-state index in [1.54, 1.807) is 0 Å². The summed E-state index contributed by atoms with van der Waals surface area (Å²) in [4.78, 5) is 0. The molecule has 3 heteroatoms. The number of halogens is 1. The van der Waals surface area contributed by atoms with Crippen molar-refractivity contribution in [3.63, 3.8) is 0 Å². The molecule has 2 heterocycles. The van der Waals surface area contributed by atoms with Crippen LogP contribution in [0.5, 0.6) is 0 Å². The van der Waals surface area contributed by atoms with E-state index in [1.807, 2.05) is 0 Å². The van der Waals surface area contributed by atoms with E-state index in [1.165, 1.54) is 35.1 Å². The Morgan fingerprint density at radius 3 is 3.20 bits per heavy atom. The van der Waals surface area contributed by atoms with Gasteiger partial charge in [0.25, 0.3) is 0 Å². The molecular formula is C12H15BrN2. The van der Waals surface area contributed by atoms with Gasteiger partial charge in [0.15, 0.2) is 0 Å². The molecule has 1 aromatic rings. The van der Waals surface area contributed by atoms with E-state index in [0.29, 0.717) is 6.04 Å². The lowest BCUT2D eigenvalue weighted by Crippen LogP contribution is -2.48. The molecule has 0 radical (unpaired) electrons. The van der Waals surface area contributed by atoms with Gasteiger partial charge in [0.05, 0.1) is 0 Å². The van der Waals surface area contributed by atoms with Gasteiger partial charge in [-0.2, -0.15) is 0 Å². The van der Waals surface area contributed by atoms with Crippen LogP contribution in [0.2, 0.25) is 0 Å². The van der Waals surface area contributed by atoms with Crippen LogP contribution in [0.1, 0.15) is 12.0 Å². The third kappa shape index (κ3) is 1.79. The summed E-state index contributed by atoms with van der Waals surface area (Å²) in [5, 5.41) is 7.10. The fraction of sp³-hybridized carbons (Fsp3) is 0.500. The summed E-state index contributed by atoms with van der Waals surface area (Å²) in [6.07, 6.45) is 2.53. The molecule has 0 saturated carbocycles. The molecule has 0 amide bonds. The Bertz CT molecular complexity index is 378. The van der Waals surface area contributed by atoms with Gasteiger partial charge in [-0.25, -0.2) is 0 Å². The van der Waals surface area contributed by atoms with Crippen molar-refractivity contribution in [2.24, 2.45) is 5.92 Å². The molecule has 2 nitrogen and oxygen atoms in total. The summed E-state index contributed by atoms with van der Waals surface area (Å²) in [6, 6.07) is 7.18. The lowest BCUT2D eigenvalue weighted by Gasteiger charge is -2.38. The summed E-state index contributed by atoms with van der Waals surface area (Å²) in [5.74, 6) is 0.813. The van der Waals surface area contributed by atoms with Gasteiger partial charge in [-0.05, 0) is 49.1 Å². The molecule has 80 valence electrons. The zero-order valence-corrected chi connectivity index (χ0v) is 10.2. The van der Waals surface area contributed by atoms with Gasteiger partial charge in [0.2, 0.25) is 0 Å². The third-order valence-corrected chi connectivity index (χ3v) is 4.01. The maximum atomic E-state index is 3.64. The van der Waals surface area contributed by atoms with E-state index in [0.717, 1.165) is 12.5 Å². The molecule has 2 N–H and O–H groups in total. The Hall–Kier alpha value is -0.540. The van der Waals surface area contributed by atoms with Crippen LogP contribution in [0, 0.1) is 5.92 Å². The van der Waals surface area contributed by atoms with Crippen molar-refractivity contribution in [3.8, 4) is 0 Å². The Morgan fingerprint density at radius 1 is 1.33 bits per heavy atom. The van der Waals surface area contributed by atoms with E-state index in [4.69, 9.17) is 0 Å². The van der Waals surface area contributed by atoms with Crippen LogP contribution in [-0.4, -0.2) is 19.1 Å². The summed E-state index contributed by atoms with van der Waals surface area (Å²) in [6.45, 7) is 2.28. The minimum Gasteiger partial charge on any atom is -0.381 e. The summed E-state index contributed by atoms with van der Waals surface area (Å²) in [5.41, 5.74) is 2.79. The van der Waals surface area contributed by atoms with Crippen LogP contribution < -0.4 is 10.6 Å². The second-order valence-corrected chi connectivity index (χ2v) is 5.42. The van der Waals surface area contributed by atoms with Crippen molar-refractivity contribution in [1.82, 2.24) is 5.32 Å². The van der Waals surface area contributed by atoms with Crippen LogP contribution in [-0.2, 0) is 6.42 Å². The number of anilines is 1. The monoisotopic (exact) mass is 266 g/mol. The molecule has 0 aliphatic carbocycles. The molecular weight excluding hydrogens is 252 g/mol. The molecule has 15 heavy (non-hydrogen) atoms. The summed E-state index contributed by atoms with van der Waals surface area (Å²) < 4.78 is 1.19. The number of hydrogen-bond donors (Lipinski definition) is 2. The lowest BCUT2D eigenvalue weighted by molar-refractivity contribution is 0.331. The van der Waals surface area contributed by atoms with Gasteiger partial charge < -0.3 is 10.6 Å². The number of benzene rings is 1. The molecule has 1 fully saturated rings. The Morgan fingerprint density at radius 2 is 2.27 bits per heavy atom. The second-order valence-electron chi connectivity index (χ2n) is 4.51. The lowest BCUT2D eigenvalue weighted by atomic mass is 9.83. The quantitative estimate of drug-likeness (QED) is 0.754. The van der Waals surface area contributed by atoms with E-state index in [-0.39, 0.29) is 0 Å². The predicted octanol–water partition coefficient (Wildman–Crippen LogP) is 2.40. The van der Waals surface area contributed by atoms with Gasteiger partial charge in [-0.3, -0.25) is 0 Å². The first-order valence-electron chi connectivity index (χ1n) is 5.58. The van der Waals surface area contributed by atoms with Crippen LogP contribution in [0.3, 0.4) is 0 Å².